The molecule has 2 aliphatic rings. The highest BCUT2D eigenvalue weighted by Crippen LogP contribution is 2.20. The van der Waals surface area contributed by atoms with Crippen LogP contribution in [0.3, 0.4) is 0 Å². The van der Waals surface area contributed by atoms with Crippen molar-refractivity contribution in [3.05, 3.63) is 48.0 Å². The lowest BCUT2D eigenvalue weighted by atomic mass is 9.95. The van der Waals surface area contributed by atoms with Crippen molar-refractivity contribution in [1.29, 1.82) is 0 Å². The van der Waals surface area contributed by atoms with Crippen LogP contribution in [-0.2, 0) is 11.3 Å². The predicted molar refractivity (Wildman–Crippen MR) is 105 cm³/mol. The maximum Gasteiger partial charge on any atom is 0.257 e. The van der Waals surface area contributed by atoms with Gasteiger partial charge in [0, 0.05) is 44.8 Å². The largest absolute Gasteiger partial charge is 0.472 e. The standard InChI is InChI=1S/C21H26N4O3/c26-20(17-5-10-25(11-6-17)21(27)18-7-12-28-15-18)23-14-16-3-4-19(22-13-16)24-8-1-2-9-24/h3-4,7,12-13,15,17H,1-2,5-6,8-11,14H2,(H,23,26). The molecular weight excluding hydrogens is 356 g/mol. The fourth-order valence-electron chi connectivity index (χ4n) is 3.90. The van der Waals surface area contributed by atoms with Crippen molar-refractivity contribution >= 4 is 17.6 Å². The van der Waals surface area contributed by atoms with Gasteiger partial charge in [0.15, 0.2) is 0 Å². The first-order chi connectivity index (χ1) is 13.7. The summed E-state index contributed by atoms with van der Waals surface area (Å²) in [4.78, 5) is 33.4. The van der Waals surface area contributed by atoms with Crippen LogP contribution in [0, 0.1) is 5.92 Å². The van der Waals surface area contributed by atoms with Gasteiger partial charge in [0.25, 0.3) is 5.91 Å². The molecule has 4 heterocycles. The average molecular weight is 382 g/mol. The summed E-state index contributed by atoms with van der Waals surface area (Å²) in [7, 11) is 0. The van der Waals surface area contributed by atoms with Gasteiger partial charge in [-0.05, 0) is 43.4 Å². The number of likely N-dealkylation sites (tertiary alicyclic amines) is 1. The molecule has 2 aromatic rings. The molecular formula is C21H26N4O3. The number of amides is 2. The van der Waals surface area contributed by atoms with E-state index in [0.717, 1.165) is 24.5 Å². The SMILES string of the molecule is O=C(NCc1ccc(N2CCCC2)nc1)C1CCN(C(=O)c2ccoc2)CC1. The van der Waals surface area contributed by atoms with Gasteiger partial charge in [-0.2, -0.15) is 0 Å². The molecule has 148 valence electrons. The zero-order valence-corrected chi connectivity index (χ0v) is 16.0. The van der Waals surface area contributed by atoms with Crippen LogP contribution in [-0.4, -0.2) is 47.9 Å². The van der Waals surface area contributed by atoms with Crippen LogP contribution < -0.4 is 10.2 Å². The van der Waals surface area contributed by atoms with E-state index in [1.54, 1.807) is 11.0 Å². The highest BCUT2D eigenvalue weighted by atomic mass is 16.3. The lowest BCUT2D eigenvalue weighted by Gasteiger charge is -2.31. The smallest absolute Gasteiger partial charge is 0.257 e. The third kappa shape index (κ3) is 4.18. The van der Waals surface area contributed by atoms with Crippen molar-refractivity contribution in [3.63, 3.8) is 0 Å². The number of carbonyl (C=O) groups excluding carboxylic acids is 2. The quantitative estimate of drug-likeness (QED) is 0.859. The number of carbonyl (C=O) groups is 2. The number of nitrogens with one attached hydrogen (secondary N) is 1. The Morgan fingerprint density at radius 3 is 2.54 bits per heavy atom. The van der Waals surface area contributed by atoms with E-state index in [9.17, 15) is 9.59 Å². The van der Waals surface area contributed by atoms with Crippen LogP contribution in [0.15, 0.2) is 41.3 Å². The Morgan fingerprint density at radius 1 is 1.11 bits per heavy atom. The number of furan rings is 1. The first-order valence-electron chi connectivity index (χ1n) is 10.00. The highest BCUT2D eigenvalue weighted by molar-refractivity contribution is 5.94. The van der Waals surface area contributed by atoms with Crippen LogP contribution >= 0.6 is 0 Å². The Bertz CT molecular complexity index is 790. The molecule has 28 heavy (non-hydrogen) atoms. The highest BCUT2D eigenvalue weighted by Gasteiger charge is 2.28. The summed E-state index contributed by atoms with van der Waals surface area (Å²) < 4.78 is 4.98. The zero-order valence-electron chi connectivity index (χ0n) is 16.0. The maximum atomic E-state index is 12.5. The van der Waals surface area contributed by atoms with E-state index < -0.39 is 0 Å². The molecule has 1 N–H and O–H groups in total. The molecule has 0 spiro atoms. The molecule has 0 unspecified atom stereocenters. The third-order valence-electron chi connectivity index (χ3n) is 5.63. The number of rotatable bonds is 5. The van der Waals surface area contributed by atoms with E-state index in [0.29, 0.717) is 38.0 Å². The van der Waals surface area contributed by atoms with Crippen molar-refractivity contribution in [2.24, 2.45) is 5.92 Å². The third-order valence-corrected chi connectivity index (χ3v) is 5.63. The van der Waals surface area contributed by atoms with Gasteiger partial charge in [-0.3, -0.25) is 9.59 Å². The molecule has 0 atom stereocenters. The number of pyridine rings is 1. The van der Waals surface area contributed by atoms with Gasteiger partial charge < -0.3 is 19.5 Å². The van der Waals surface area contributed by atoms with Crippen LogP contribution in [0.5, 0.6) is 0 Å². The second-order valence-corrected chi connectivity index (χ2v) is 7.52. The average Bonchev–Trinajstić information content (AvgIpc) is 3.46. The second kappa shape index (κ2) is 8.46. The van der Waals surface area contributed by atoms with E-state index in [1.807, 2.05) is 18.3 Å². The number of aromatic nitrogens is 1. The van der Waals surface area contributed by atoms with Gasteiger partial charge >= 0.3 is 0 Å². The molecule has 2 fully saturated rings. The molecule has 4 rings (SSSR count). The van der Waals surface area contributed by atoms with Crippen molar-refractivity contribution < 1.29 is 14.0 Å². The molecule has 7 nitrogen and oxygen atoms in total. The van der Waals surface area contributed by atoms with E-state index >= 15 is 0 Å². The molecule has 2 saturated heterocycles. The summed E-state index contributed by atoms with van der Waals surface area (Å²) in [5.41, 5.74) is 1.57. The van der Waals surface area contributed by atoms with Crippen LogP contribution in [0.4, 0.5) is 5.82 Å². The molecule has 2 aromatic heterocycles. The number of nitrogens with zero attached hydrogens (tertiary/aromatic N) is 3. The van der Waals surface area contributed by atoms with Gasteiger partial charge in [-0.1, -0.05) is 6.07 Å². The van der Waals surface area contributed by atoms with Crippen LogP contribution in [0.1, 0.15) is 41.6 Å². The van der Waals surface area contributed by atoms with E-state index in [4.69, 9.17) is 4.42 Å². The molecule has 0 radical (unpaired) electrons. The lowest BCUT2D eigenvalue weighted by Crippen LogP contribution is -2.42. The Morgan fingerprint density at radius 2 is 1.89 bits per heavy atom. The molecule has 2 amide bonds. The summed E-state index contributed by atoms with van der Waals surface area (Å²) in [5, 5.41) is 3.02. The Hall–Kier alpha value is -2.83. The molecule has 0 bridgehead atoms. The maximum absolute atomic E-state index is 12.5. The number of hydrogen-bond donors (Lipinski definition) is 1. The fourth-order valence-corrected chi connectivity index (χ4v) is 3.90. The zero-order chi connectivity index (χ0) is 19.3. The molecule has 7 heteroatoms. The summed E-state index contributed by atoms with van der Waals surface area (Å²) in [6.07, 6.45) is 8.63. The molecule has 0 aliphatic carbocycles. The monoisotopic (exact) mass is 382 g/mol. The van der Waals surface area contributed by atoms with E-state index in [1.165, 1.54) is 25.4 Å². The second-order valence-electron chi connectivity index (χ2n) is 7.52. The molecule has 0 aromatic carbocycles. The molecule has 0 saturated carbocycles. The van der Waals surface area contributed by atoms with Crippen molar-refractivity contribution in [2.75, 3.05) is 31.1 Å². The molecule has 2 aliphatic heterocycles. The van der Waals surface area contributed by atoms with Crippen molar-refractivity contribution in [3.8, 4) is 0 Å². The summed E-state index contributed by atoms with van der Waals surface area (Å²) in [5.74, 6) is 0.989. The number of hydrogen-bond acceptors (Lipinski definition) is 5. The van der Waals surface area contributed by atoms with E-state index in [2.05, 4.69) is 15.2 Å². The summed E-state index contributed by atoms with van der Waals surface area (Å²) in [6, 6.07) is 5.74. The number of piperidine rings is 1. The van der Waals surface area contributed by atoms with Gasteiger partial charge in [0.2, 0.25) is 5.91 Å². The van der Waals surface area contributed by atoms with Crippen LogP contribution in [0.25, 0.3) is 0 Å². The summed E-state index contributed by atoms with van der Waals surface area (Å²) >= 11 is 0. The Balaban J connectivity index is 1.23. The minimum Gasteiger partial charge on any atom is -0.472 e. The predicted octanol–water partition coefficient (Wildman–Crippen LogP) is 2.44. The summed E-state index contributed by atoms with van der Waals surface area (Å²) in [6.45, 7) is 3.82. The van der Waals surface area contributed by atoms with Gasteiger partial charge in [0.05, 0.1) is 11.8 Å². The normalized spacial score (nSPS) is 17.7. The van der Waals surface area contributed by atoms with Crippen molar-refractivity contribution in [1.82, 2.24) is 15.2 Å². The van der Waals surface area contributed by atoms with Gasteiger partial charge in [-0.15, -0.1) is 0 Å². The van der Waals surface area contributed by atoms with Gasteiger partial charge in [-0.25, -0.2) is 4.98 Å². The minimum atomic E-state index is -0.0507. The van der Waals surface area contributed by atoms with Crippen LogP contribution in [0.2, 0.25) is 0 Å². The lowest BCUT2D eigenvalue weighted by molar-refractivity contribution is -0.126. The fraction of sp³-hybridized carbons (Fsp3) is 0.476. The Labute approximate surface area is 164 Å². The van der Waals surface area contributed by atoms with Gasteiger partial charge in [0.1, 0.15) is 12.1 Å². The first kappa shape index (κ1) is 18.5. The number of anilines is 1. The topological polar surface area (TPSA) is 78.7 Å². The first-order valence-corrected chi connectivity index (χ1v) is 10.00. The minimum absolute atomic E-state index is 0.0308. The Kier molecular flexibility index (Phi) is 5.60. The van der Waals surface area contributed by atoms with Crippen molar-refractivity contribution in [2.45, 2.75) is 32.2 Å². The van der Waals surface area contributed by atoms with E-state index in [-0.39, 0.29) is 17.7 Å².